The molecule has 0 aromatic heterocycles. The van der Waals surface area contributed by atoms with Gasteiger partial charge in [-0.25, -0.2) is 0 Å². The summed E-state index contributed by atoms with van der Waals surface area (Å²) in [6.45, 7) is 8.09. The largest absolute Gasteiger partial charge is 0.388 e. The first-order chi connectivity index (χ1) is 13.0. The topological polar surface area (TPSA) is 58.2 Å². The first kappa shape index (κ1) is 28.8. The second-order valence-corrected chi connectivity index (χ2v) is 10.1. The number of allylic oxidation sites excluding steroid dienone is 10. The molecule has 0 saturated carbocycles. The van der Waals surface area contributed by atoms with E-state index in [1.165, 1.54) is 0 Å². The van der Waals surface area contributed by atoms with Gasteiger partial charge in [0.2, 0.25) is 11.6 Å². The first-order valence-electron chi connectivity index (χ1n) is 8.52. The van der Waals surface area contributed by atoms with E-state index in [0.29, 0.717) is 32.2 Å². The number of rotatable bonds is 4. The monoisotopic (exact) mass is 697 g/mol. The van der Waals surface area contributed by atoms with Gasteiger partial charge >= 0.3 is 0 Å². The van der Waals surface area contributed by atoms with Crippen molar-refractivity contribution in [3.63, 3.8) is 0 Å². The van der Waals surface area contributed by atoms with Gasteiger partial charge in [0, 0.05) is 61.4 Å². The molecule has 0 saturated heterocycles. The molecule has 0 amide bonds. The van der Waals surface area contributed by atoms with Crippen molar-refractivity contribution in [2.75, 3.05) is 0 Å². The van der Waals surface area contributed by atoms with Gasteiger partial charge in [-0.15, -0.1) is 0 Å². The minimum absolute atomic E-state index is 0. The fraction of sp³-hybridized carbons (Fsp3) is 0.300. The Morgan fingerprint density at radius 1 is 0.690 bits per heavy atom. The van der Waals surface area contributed by atoms with E-state index in [0.717, 1.165) is 8.96 Å². The Balaban J connectivity index is 0.000000523. The minimum Gasteiger partial charge on any atom is -0.388 e. The van der Waals surface area contributed by atoms with Crippen LogP contribution >= 0.6 is 63.7 Å². The van der Waals surface area contributed by atoms with Crippen LogP contribution in [-0.4, -0.2) is 23.7 Å². The Bertz CT molecular complexity index is 754. The van der Waals surface area contributed by atoms with Crippen LogP contribution in [0.1, 0.15) is 27.7 Å². The molecule has 29 heavy (non-hydrogen) atoms. The quantitative estimate of drug-likeness (QED) is 0.353. The van der Waals surface area contributed by atoms with Gasteiger partial charge < -0.3 is 10.6 Å². The van der Waals surface area contributed by atoms with E-state index in [2.05, 4.69) is 74.4 Å². The first-order valence-corrected chi connectivity index (χ1v) is 11.7. The van der Waals surface area contributed by atoms with Crippen molar-refractivity contribution in [2.45, 2.75) is 39.8 Å². The zero-order valence-corrected chi connectivity index (χ0v) is 23.7. The Morgan fingerprint density at radius 3 is 1.28 bits per heavy atom. The molecular weight excluding hydrogens is 679 g/mol. The smallest absolute Gasteiger partial charge is 0.201 e. The number of hydrogen-bond acceptors (Lipinski definition) is 4. The van der Waals surface area contributed by atoms with Gasteiger partial charge in [-0.3, -0.25) is 9.59 Å². The van der Waals surface area contributed by atoms with Crippen LogP contribution in [0.5, 0.6) is 0 Å². The van der Waals surface area contributed by atoms with Gasteiger partial charge in [0.25, 0.3) is 0 Å². The number of halogens is 4. The molecule has 9 heteroatoms. The molecule has 4 nitrogen and oxygen atoms in total. The minimum atomic E-state index is 0. The van der Waals surface area contributed by atoms with Crippen molar-refractivity contribution in [2.24, 2.45) is 0 Å². The number of ketones is 2. The fourth-order valence-corrected chi connectivity index (χ4v) is 4.40. The average Bonchev–Trinajstić information content (AvgIpc) is 2.59. The van der Waals surface area contributed by atoms with Crippen LogP contribution in [-0.2, 0) is 26.4 Å². The summed E-state index contributed by atoms with van der Waals surface area (Å²) in [5.41, 5.74) is 1.31. The predicted octanol–water partition coefficient (Wildman–Crippen LogP) is 6.01. The summed E-state index contributed by atoms with van der Waals surface area (Å²) in [6, 6.07) is 0.652. The zero-order valence-electron chi connectivity index (χ0n) is 16.3. The van der Waals surface area contributed by atoms with E-state index in [1.54, 1.807) is 36.7 Å². The van der Waals surface area contributed by atoms with E-state index in [1.807, 2.05) is 27.7 Å². The van der Waals surface area contributed by atoms with E-state index < -0.39 is 0 Å². The molecule has 0 heterocycles. The van der Waals surface area contributed by atoms with Gasteiger partial charge in [0.1, 0.15) is 0 Å². The summed E-state index contributed by atoms with van der Waals surface area (Å²) in [6.07, 6.45) is 10.6. The van der Waals surface area contributed by atoms with Crippen molar-refractivity contribution in [1.82, 2.24) is 10.6 Å². The van der Waals surface area contributed by atoms with Gasteiger partial charge in [-0.2, -0.15) is 0 Å². The van der Waals surface area contributed by atoms with Crippen LogP contribution in [0.4, 0.5) is 0 Å². The third kappa shape index (κ3) is 10.6. The van der Waals surface area contributed by atoms with Gasteiger partial charge in [-0.05, 0) is 83.9 Å². The molecule has 0 spiro atoms. The summed E-state index contributed by atoms with van der Waals surface area (Å²) in [5, 5.41) is 6.18. The second kappa shape index (κ2) is 14.0. The molecule has 2 rings (SSSR count). The van der Waals surface area contributed by atoms with E-state index in [4.69, 9.17) is 0 Å². The molecule has 0 aromatic carbocycles. The van der Waals surface area contributed by atoms with Gasteiger partial charge in [0.05, 0.1) is 8.96 Å². The number of carbonyl (C=O) groups excluding carboxylic acids is 2. The average molecular weight is 701 g/mol. The number of Topliss-reactive ketones (excluding diaryl/α,β-unsaturated/α-hetero) is 2. The summed E-state index contributed by atoms with van der Waals surface area (Å²) in [4.78, 5) is 23.2. The molecule has 0 unspecified atom stereocenters. The van der Waals surface area contributed by atoms with Crippen LogP contribution in [0.2, 0.25) is 0 Å². The Kier molecular flexibility index (Phi) is 13.9. The number of nitrogens with one attached hydrogen (secondary N) is 2. The van der Waals surface area contributed by atoms with Crippen molar-refractivity contribution in [3.05, 3.63) is 65.8 Å². The van der Waals surface area contributed by atoms with Crippen LogP contribution in [0.3, 0.4) is 0 Å². The van der Waals surface area contributed by atoms with E-state index in [-0.39, 0.29) is 28.3 Å². The molecule has 0 atom stereocenters. The molecule has 0 aromatic rings. The van der Waals surface area contributed by atoms with Crippen LogP contribution in [0.15, 0.2) is 65.8 Å². The zero-order chi connectivity index (χ0) is 21.4. The number of hydrogen-bond donors (Lipinski definition) is 2. The summed E-state index contributed by atoms with van der Waals surface area (Å²) < 4.78 is 2.92. The predicted molar refractivity (Wildman–Crippen MR) is 131 cm³/mol. The Labute approximate surface area is 216 Å². The van der Waals surface area contributed by atoms with Gasteiger partial charge in [-0.1, -0.05) is 31.9 Å². The van der Waals surface area contributed by atoms with Crippen molar-refractivity contribution < 1.29 is 26.4 Å². The third-order valence-corrected chi connectivity index (χ3v) is 5.31. The normalized spacial score (nSPS) is 19.1. The summed E-state index contributed by atoms with van der Waals surface area (Å²) >= 11 is 13.1. The molecule has 0 fully saturated rings. The second-order valence-electron chi connectivity index (χ2n) is 6.54. The molecule has 161 valence electrons. The van der Waals surface area contributed by atoms with Crippen LogP contribution in [0.25, 0.3) is 0 Å². The molecule has 2 N–H and O–H groups in total. The molecule has 0 aliphatic heterocycles. The Hall–Kier alpha value is -0.194. The van der Waals surface area contributed by atoms with Gasteiger partial charge in [0.15, 0.2) is 0 Å². The summed E-state index contributed by atoms with van der Waals surface area (Å²) in [5.74, 6) is 0.00250. The number of carbonyl (C=O) groups is 2. The van der Waals surface area contributed by atoms with Crippen molar-refractivity contribution >= 4 is 75.3 Å². The standard InChI is InChI=1S/2C10H11Br2NO.Co/c2*1-6(2)13-5-7-3-8(11)4-9(12)10(7)14;/h2*3-6,13H,1-2H3;/b2*7-5-;. The fourth-order valence-electron chi connectivity index (χ4n) is 1.89. The summed E-state index contributed by atoms with van der Waals surface area (Å²) in [7, 11) is 0. The van der Waals surface area contributed by atoms with Crippen LogP contribution < -0.4 is 10.6 Å². The third-order valence-electron chi connectivity index (χ3n) is 3.22. The maximum atomic E-state index is 11.6. The van der Waals surface area contributed by atoms with E-state index in [9.17, 15) is 9.59 Å². The maximum absolute atomic E-state index is 11.6. The molecule has 0 bridgehead atoms. The van der Waals surface area contributed by atoms with Crippen molar-refractivity contribution in [1.29, 1.82) is 0 Å². The maximum Gasteiger partial charge on any atom is 0.201 e. The molecule has 2 aliphatic rings. The SMILES string of the molecule is CC(C)N/C=C1/C=C(Br)C=C(Br)C1=O.CC(C)N/C=C1/C=C(Br)C=C(Br)C1=O.[Co]. The molecule has 1 radical (unpaired) electrons. The van der Waals surface area contributed by atoms with Crippen molar-refractivity contribution in [3.8, 4) is 0 Å². The van der Waals surface area contributed by atoms with E-state index >= 15 is 0 Å². The molecule has 2 aliphatic carbocycles. The molecular formula is C20H22Br4CoN2O2. The Morgan fingerprint density at radius 2 is 1.00 bits per heavy atom. The van der Waals surface area contributed by atoms with Crippen LogP contribution in [0, 0.1) is 0 Å².